The summed E-state index contributed by atoms with van der Waals surface area (Å²) < 4.78 is 5.70. The lowest BCUT2D eigenvalue weighted by molar-refractivity contribution is -0.127. The van der Waals surface area contributed by atoms with Gasteiger partial charge in [-0.1, -0.05) is 31.5 Å². The van der Waals surface area contributed by atoms with Crippen molar-refractivity contribution in [3.63, 3.8) is 0 Å². The largest absolute Gasteiger partial charge is 0.491 e. The van der Waals surface area contributed by atoms with Crippen LogP contribution < -0.4 is 10.1 Å². The number of nitrogens with one attached hydrogen (secondary N) is 1. The maximum atomic E-state index is 11.6. The van der Waals surface area contributed by atoms with Gasteiger partial charge in [0.15, 0.2) is 0 Å². The SMILES string of the molecule is CCc1ccccc1OCCNC(=O)C1CCC1. The predicted molar refractivity (Wildman–Crippen MR) is 71.7 cm³/mol. The molecule has 0 aromatic heterocycles. The van der Waals surface area contributed by atoms with Crippen LogP contribution in [-0.2, 0) is 11.2 Å². The number of carbonyl (C=O) groups is 1. The van der Waals surface area contributed by atoms with Crippen LogP contribution in [-0.4, -0.2) is 19.1 Å². The molecule has 0 atom stereocenters. The Kier molecular flexibility index (Phi) is 4.62. The standard InChI is InChI=1S/C15H21NO2/c1-2-12-6-3-4-9-14(12)18-11-10-16-15(17)13-7-5-8-13/h3-4,6,9,13H,2,5,7-8,10-11H2,1H3,(H,16,17). The Morgan fingerprint density at radius 3 is 2.83 bits per heavy atom. The number of para-hydroxylation sites is 1. The fourth-order valence-electron chi connectivity index (χ4n) is 2.09. The smallest absolute Gasteiger partial charge is 0.223 e. The molecule has 1 aliphatic carbocycles. The topological polar surface area (TPSA) is 38.3 Å². The fraction of sp³-hybridized carbons (Fsp3) is 0.533. The molecule has 0 heterocycles. The highest BCUT2D eigenvalue weighted by Crippen LogP contribution is 2.26. The molecule has 98 valence electrons. The molecule has 0 saturated heterocycles. The van der Waals surface area contributed by atoms with Gasteiger partial charge in [0.1, 0.15) is 12.4 Å². The first-order valence-corrected chi connectivity index (χ1v) is 6.79. The minimum absolute atomic E-state index is 0.189. The van der Waals surface area contributed by atoms with Crippen molar-refractivity contribution < 1.29 is 9.53 Å². The molecule has 2 rings (SSSR count). The summed E-state index contributed by atoms with van der Waals surface area (Å²) in [4.78, 5) is 11.6. The van der Waals surface area contributed by atoms with Gasteiger partial charge >= 0.3 is 0 Å². The summed E-state index contributed by atoms with van der Waals surface area (Å²) in [7, 11) is 0. The lowest BCUT2D eigenvalue weighted by Gasteiger charge is -2.24. The van der Waals surface area contributed by atoms with Gasteiger partial charge in [0, 0.05) is 5.92 Å². The summed E-state index contributed by atoms with van der Waals surface area (Å²) in [5.41, 5.74) is 1.21. The summed E-state index contributed by atoms with van der Waals surface area (Å²) in [5.74, 6) is 1.37. The first-order valence-electron chi connectivity index (χ1n) is 6.79. The van der Waals surface area contributed by atoms with E-state index >= 15 is 0 Å². The van der Waals surface area contributed by atoms with E-state index in [-0.39, 0.29) is 11.8 Å². The van der Waals surface area contributed by atoms with Gasteiger partial charge in [-0.05, 0) is 30.9 Å². The van der Waals surface area contributed by atoms with Crippen molar-refractivity contribution in [2.24, 2.45) is 5.92 Å². The van der Waals surface area contributed by atoms with Crippen LogP contribution in [0.1, 0.15) is 31.7 Å². The molecule has 1 N–H and O–H groups in total. The van der Waals surface area contributed by atoms with E-state index in [1.165, 1.54) is 12.0 Å². The number of carbonyl (C=O) groups excluding carboxylic acids is 1. The van der Waals surface area contributed by atoms with Crippen molar-refractivity contribution >= 4 is 5.91 Å². The van der Waals surface area contributed by atoms with Gasteiger partial charge < -0.3 is 10.1 Å². The average molecular weight is 247 g/mol. The molecule has 1 amide bonds. The summed E-state index contributed by atoms with van der Waals surface area (Å²) in [6.07, 6.45) is 4.25. The van der Waals surface area contributed by atoms with E-state index in [2.05, 4.69) is 18.3 Å². The van der Waals surface area contributed by atoms with Crippen LogP contribution in [0.15, 0.2) is 24.3 Å². The molecule has 1 aromatic rings. The predicted octanol–water partition coefficient (Wildman–Crippen LogP) is 2.54. The van der Waals surface area contributed by atoms with Crippen LogP contribution in [0.3, 0.4) is 0 Å². The lowest BCUT2D eigenvalue weighted by Crippen LogP contribution is -2.36. The zero-order valence-electron chi connectivity index (χ0n) is 10.9. The molecule has 1 saturated carbocycles. The summed E-state index contributed by atoms with van der Waals surface area (Å²) in [6, 6.07) is 8.04. The Bertz CT molecular complexity index is 399. The molecule has 3 heteroatoms. The molecule has 3 nitrogen and oxygen atoms in total. The van der Waals surface area contributed by atoms with Gasteiger partial charge in [0.2, 0.25) is 5.91 Å². The monoisotopic (exact) mass is 247 g/mol. The molecule has 1 aliphatic rings. The van der Waals surface area contributed by atoms with Crippen LogP contribution in [0, 0.1) is 5.92 Å². The Morgan fingerprint density at radius 1 is 1.39 bits per heavy atom. The number of aryl methyl sites for hydroxylation is 1. The fourth-order valence-corrected chi connectivity index (χ4v) is 2.09. The van der Waals surface area contributed by atoms with Crippen LogP contribution in [0.4, 0.5) is 0 Å². The second-order valence-corrected chi connectivity index (χ2v) is 4.73. The van der Waals surface area contributed by atoms with Gasteiger partial charge in [-0.3, -0.25) is 4.79 Å². The van der Waals surface area contributed by atoms with Crippen molar-refractivity contribution in [2.75, 3.05) is 13.2 Å². The summed E-state index contributed by atoms with van der Waals surface area (Å²) >= 11 is 0. The molecule has 0 bridgehead atoms. The Morgan fingerprint density at radius 2 is 2.17 bits per heavy atom. The van der Waals surface area contributed by atoms with Gasteiger partial charge in [-0.2, -0.15) is 0 Å². The maximum absolute atomic E-state index is 11.6. The molecule has 18 heavy (non-hydrogen) atoms. The van der Waals surface area contributed by atoms with Gasteiger partial charge in [0.05, 0.1) is 6.54 Å². The third-order valence-corrected chi connectivity index (χ3v) is 3.49. The molecule has 0 unspecified atom stereocenters. The average Bonchev–Trinajstić information content (AvgIpc) is 2.33. The number of amides is 1. The Balaban J connectivity index is 1.69. The number of hydrogen-bond donors (Lipinski definition) is 1. The number of rotatable bonds is 6. The molecule has 0 spiro atoms. The maximum Gasteiger partial charge on any atom is 0.223 e. The van der Waals surface area contributed by atoms with Crippen molar-refractivity contribution in [1.29, 1.82) is 0 Å². The molecule has 0 aliphatic heterocycles. The lowest BCUT2D eigenvalue weighted by atomic mass is 9.85. The summed E-state index contributed by atoms with van der Waals surface area (Å²) in [6.45, 7) is 3.24. The first kappa shape index (κ1) is 12.9. The zero-order valence-corrected chi connectivity index (χ0v) is 10.9. The second-order valence-electron chi connectivity index (χ2n) is 4.73. The Hall–Kier alpha value is -1.51. The molecule has 1 fully saturated rings. The third-order valence-electron chi connectivity index (χ3n) is 3.49. The Labute approximate surface area is 109 Å². The minimum Gasteiger partial charge on any atom is -0.491 e. The zero-order chi connectivity index (χ0) is 12.8. The van der Waals surface area contributed by atoms with E-state index in [1.54, 1.807) is 0 Å². The van der Waals surface area contributed by atoms with E-state index in [1.807, 2.05) is 18.2 Å². The number of ether oxygens (including phenoxy) is 1. The van der Waals surface area contributed by atoms with Gasteiger partial charge in [-0.25, -0.2) is 0 Å². The highest BCUT2D eigenvalue weighted by Gasteiger charge is 2.24. The minimum atomic E-state index is 0.189. The van der Waals surface area contributed by atoms with Crippen LogP contribution >= 0.6 is 0 Å². The van der Waals surface area contributed by atoms with E-state index in [4.69, 9.17) is 4.74 Å². The normalized spacial score (nSPS) is 14.9. The van der Waals surface area contributed by atoms with E-state index in [0.29, 0.717) is 13.2 Å². The number of hydrogen-bond acceptors (Lipinski definition) is 2. The van der Waals surface area contributed by atoms with Crippen molar-refractivity contribution in [1.82, 2.24) is 5.32 Å². The summed E-state index contributed by atoms with van der Waals surface area (Å²) in [5, 5.41) is 2.93. The van der Waals surface area contributed by atoms with Crippen LogP contribution in [0.2, 0.25) is 0 Å². The third kappa shape index (κ3) is 3.25. The molecule has 0 radical (unpaired) electrons. The highest BCUT2D eigenvalue weighted by atomic mass is 16.5. The molecule has 1 aromatic carbocycles. The second kappa shape index (κ2) is 6.43. The van der Waals surface area contributed by atoms with Crippen LogP contribution in [0.5, 0.6) is 5.75 Å². The van der Waals surface area contributed by atoms with E-state index in [9.17, 15) is 4.79 Å². The van der Waals surface area contributed by atoms with Crippen LogP contribution in [0.25, 0.3) is 0 Å². The van der Waals surface area contributed by atoms with E-state index < -0.39 is 0 Å². The van der Waals surface area contributed by atoms with Gasteiger partial charge in [0.25, 0.3) is 0 Å². The first-order chi connectivity index (χ1) is 8.81. The van der Waals surface area contributed by atoms with Crippen molar-refractivity contribution in [3.05, 3.63) is 29.8 Å². The van der Waals surface area contributed by atoms with Crippen molar-refractivity contribution in [3.8, 4) is 5.75 Å². The number of benzene rings is 1. The quantitative estimate of drug-likeness (QED) is 0.784. The molecular weight excluding hydrogens is 226 g/mol. The molecular formula is C15H21NO2. The van der Waals surface area contributed by atoms with E-state index in [0.717, 1.165) is 25.0 Å². The van der Waals surface area contributed by atoms with Crippen molar-refractivity contribution in [2.45, 2.75) is 32.6 Å². The van der Waals surface area contributed by atoms with Gasteiger partial charge in [-0.15, -0.1) is 0 Å². The highest BCUT2D eigenvalue weighted by molar-refractivity contribution is 5.79.